The zero-order valence-electron chi connectivity index (χ0n) is 10.1. The molecule has 0 aliphatic carbocycles. The van der Waals surface area contributed by atoms with E-state index < -0.39 is 0 Å². The smallest absolute Gasteiger partial charge is 0.291 e. The molecule has 0 atom stereocenters. The van der Waals surface area contributed by atoms with Crippen molar-refractivity contribution < 1.29 is 9.59 Å². The molecule has 0 bridgehead atoms. The second-order valence-corrected chi connectivity index (χ2v) is 4.57. The summed E-state index contributed by atoms with van der Waals surface area (Å²) in [6.45, 7) is 1.39. The monoisotopic (exact) mass is 251 g/mol. The van der Waals surface area contributed by atoms with Gasteiger partial charge in [0, 0.05) is 19.5 Å². The molecule has 1 fully saturated rings. The summed E-state index contributed by atoms with van der Waals surface area (Å²) in [6, 6.07) is 0. The first-order valence-corrected chi connectivity index (χ1v) is 6.09. The molecule has 2 rings (SSSR count). The Balaban J connectivity index is 1.80. The maximum Gasteiger partial charge on any atom is 0.291 e. The summed E-state index contributed by atoms with van der Waals surface area (Å²) in [7, 11) is 0. The molecule has 7 nitrogen and oxygen atoms in total. The Hall–Kier alpha value is -1.92. The highest BCUT2D eigenvalue weighted by Crippen LogP contribution is 2.22. The first-order valence-electron chi connectivity index (χ1n) is 6.09. The fraction of sp³-hybridized carbons (Fsp3) is 0.636. The summed E-state index contributed by atoms with van der Waals surface area (Å²) in [5, 5.41) is 6.24. The fourth-order valence-electron chi connectivity index (χ4n) is 2.23. The quantitative estimate of drug-likeness (QED) is 0.780. The molecule has 0 aromatic carbocycles. The Labute approximate surface area is 105 Å². The highest BCUT2D eigenvalue weighted by atomic mass is 16.2. The normalized spacial score (nSPS) is 16.8. The van der Waals surface area contributed by atoms with E-state index in [0.29, 0.717) is 25.4 Å². The van der Waals surface area contributed by atoms with Crippen LogP contribution in [0.15, 0.2) is 6.33 Å². The van der Waals surface area contributed by atoms with Crippen LogP contribution >= 0.6 is 0 Å². The van der Waals surface area contributed by atoms with Gasteiger partial charge in [0.25, 0.3) is 5.91 Å². The van der Waals surface area contributed by atoms with Gasteiger partial charge in [-0.05, 0) is 25.2 Å². The topological polar surface area (TPSA) is 105 Å². The maximum atomic E-state index is 12.0. The first kappa shape index (κ1) is 12.5. The van der Waals surface area contributed by atoms with Gasteiger partial charge in [-0.1, -0.05) is 0 Å². The Kier molecular flexibility index (Phi) is 3.91. The van der Waals surface area contributed by atoms with Crippen molar-refractivity contribution in [2.75, 3.05) is 13.1 Å². The molecule has 98 valence electrons. The molecule has 7 heteroatoms. The number of rotatable bonds is 4. The molecule has 2 heterocycles. The predicted molar refractivity (Wildman–Crippen MR) is 63.4 cm³/mol. The molecule has 0 saturated carbocycles. The Morgan fingerprint density at radius 3 is 2.72 bits per heavy atom. The highest BCUT2D eigenvalue weighted by molar-refractivity contribution is 5.90. The number of likely N-dealkylation sites (tertiary alicyclic amines) is 1. The average molecular weight is 251 g/mol. The minimum absolute atomic E-state index is 0.110. The van der Waals surface area contributed by atoms with Crippen LogP contribution in [-0.4, -0.2) is 45.0 Å². The summed E-state index contributed by atoms with van der Waals surface area (Å²) >= 11 is 0. The van der Waals surface area contributed by atoms with Crippen LogP contribution < -0.4 is 5.73 Å². The largest absolute Gasteiger partial charge is 0.370 e. The Morgan fingerprint density at radius 2 is 2.17 bits per heavy atom. The lowest BCUT2D eigenvalue weighted by molar-refractivity contribution is -0.118. The van der Waals surface area contributed by atoms with E-state index in [2.05, 4.69) is 15.2 Å². The minimum atomic E-state index is -0.254. The van der Waals surface area contributed by atoms with E-state index >= 15 is 0 Å². The molecule has 0 unspecified atom stereocenters. The Bertz CT molecular complexity index is 409. The number of amides is 2. The van der Waals surface area contributed by atoms with Gasteiger partial charge in [-0.15, -0.1) is 0 Å². The number of aromatic nitrogens is 3. The van der Waals surface area contributed by atoms with Gasteiger partial charge in [-0.3, -0.25) is 14.7 Å². The van der Waals surface area contributed by atoms with Crippen LogP contribution in [-0.2, 0) is 4.79 Å². The molecule has 3 N–H and O–H groups in total. The lowest BCUT2D eigenvalue weighted by atomic mass is 9.92. The van der Waals surface area contributed by atoms with E-state index in [1.54, 1.807) is 4.90 Å². The van der Waals surface area contributed by atoms with Gasteiger partial charge in [0.2, 0.25) is 11.7 Å². The summed E-state index contributed by atoms with van der Waals surface area (Å²) in [5.74, 6) is 0.401. The van der Waals surface area contributed by atoms with E-state index in [9.17, 15) is 9.59 Å². The van der Waals surface area contributed by atoms with Crippen molar-refractivity contribution in [2.24, 2.45) is 11.7 Å². The van der Waals surface area contributed by atoms with Gasteiger partial charge in [0.05, 0.1) is 0 Å². The van der Waals surface area contributed by atoms with Crippen LogP contribution in [0.25, 0.3) is 0 Å². The van der Waals surface area contributed by atoms with Crippen LogP contribution in [0, 0.1) is 5.92 Å². The number of primary amides is 1. The van der Waals surface area contributed by atoms with Crippen molar-refractivity contribution in [3.05, 3.63) is 12.2 Å². The van der Waals surface area contributed by atoms with Gasteiger partial charge in [-0.25, -0.2) is 4.98 Å². The lowest BCUT2D eigenvalue weighted by Gasteiger charge is -2.31. The van der Waals surface area contributed by atoms with Crippen molar-refractivity contribution >= 4 is 11.8 Å². The van der Waals surface area contributed by atoms with E-state index in [1.807, 2.05) is 0 Å². The van der Waals surface area contributed by atoms with Gasteiger partial charge in [0.1, 0.15) is 6.33 Å². The zero-order valence-corrected chi connectivity index (χ0v) is 10.1. The van der Waals surface area contributed by atoms with E-state index in [4.69, 9.17) is 5.73 Å². The maximum absolute atomic E-state index is 12.0. The zero-order chi connectivity index (χ0) is 13.0. The number of carbonyl (C=O) groups excluding carboxylic acids is 2. The molecule has 1 aromatic heterocycles. The number of nitrogens with zero attached hydrogens (tertiary/aromatic N) is 3. The van der Waals surface area contributed by atoms with Crippen LogP contribution in [0.3, 0.4) is 0 Å². The van der Waals surface area contributed by atoms with Gasteiger partial charge in [-0.2, -0.15) is 5.10 Å². The molecule has 2 amide bonds. The molecule has 1 saturated heterocycles. The number of H-pyrrole nitrogens is 1. The number of carbonyl (C=O) groups is 2. The molecule has 1 aromatic rings. The van der Waals surface area contributed by atoms with Crippen LogP contribution in [0.2, 0.25) is 0 Å². The Morgan fingerprint density at radius 1 is 1.44 bits per heavy atom. The lowest BCUT2D eigenvalue weighted by Crippen LogP contribution is -2.39. The second-order valence-electron chi connectivity index (χ2n) is 4.57. The molecule has 0 spiro atoms. The average Bonchev–Trinajstić information content (AvgIpc) is 2.90. The first-order chi connectivity index (χ1) is 8.66. The number of nitrogens with two attached hydrogens (primary N) is 1. The number of hydrogen-bond acceptors (Lipinski definition) is 4. The third-order valence-electron chi connectivity index (χ3n) is 3.32. The summed E-state index contributed by atoms with van der Waals surface area (Å²) in [6.07, 6.45) is 4.40. The summed E-state index contributed by atoms with van der Waals surface area (Å²) in [4.78, 5) is 28.3. The van der Waals surface area contributed by atoms with Crippen molar-refractivity contribution in [2.45, 2.75) is 25.7 Å². The third kappa shape index (κ3) is 3.06. The number of hydrogen-bond donors (Lipinski definition) is 2. The van der Waals surface area contributed by atoms with Crippen molar-refractivity contribution in [1.29, 1.82) is 0 Å². The molecule has 0 radical (unpaired) electrons. The standard InChI is InChI=1S/C11H17N5O2/c12-9(17)2-1-8-3-5-16(6-4-8)11(18)10-13-7-14-15-10/h7-8H,1-6H2,(H2,12,17)(H,13,14,15). The van der Waals surface area contributed by atoms with Crippen LogP contribution in [0.1, 0.15) is 36.3 Å². The molecule has 18 heavy (non-hydrogen) atoms. The van der Waals surface area contributed by atoms with E-state index in [1.165, 1.54) is 6.33 Å². The second kappa shape index (κ2) is 5.61. The van der Waals surface area contributed by atoms with E-state index in [0.717, 1.165) is 19.3 Å². The van der Waals surface area contributed by atoms with Crippen molar-refractivity contribution in [3.8, 4) is 0 Å². The molecule has 1 aliphatic heterocycles. The number of nitrogens with one attached hydrogen (secondary N) is 1. The third-order valence-corrected chi connectivity index (χ3v) is 3.32. The summed E-state index contributed by atoms with van der Waals surface area (Å²) < 4.78 is 0. The van der Waals surface area contributed by atoms with Crippen LogP contribution in [0.5, 0.6) is 0 Å². The molecule has 1 aliphatic rings. The fourth-order valence-corrected chi connectivity index (χ4v) is 2.23. The molecular weight excluding hydrogens is 234 g/mol. The van der Waals surface area contributed by atoms with Crippen molar-refractivity contribution in [1.82, 2.24) is 20.1 Å². The van der Waals surface area contributed by atoms with Crippen molar-refractivity contribution in [3.63, 3.8) is 0 Å². The minimum Gasteiger partial charge on any atom is -0.370 e. The van der Waals surface area contributed by atoms with Crippen LogP contribution in [0.4, 0.5) is 0 Å². The highest BCUT2D eigenvalue weighted by Gasteiger charge is 2.24. The van der Waals surface area contributed by atoms with Gasteiger partial charge >= 0.3 is 0 Å². The number of piperidine rings is 1. The van der Waals surface area contributed by atoms with E-state index in [-0.39, 0.29) is 17.6 Å². The van der Waals surface area contributed by atoms with Gasteiger partial charge < -0.3 is 10.6 Å². The number of aromatic amines is 1. The van der Waals surface area contributed by atoms with Gasteiger partial charge in [0.15, 0.2) is 0 Å². The predicted octanol–water partition coefficient (Wildman–Crippen LogP) is -0.0776. The molecular formula is C11H17N5O2. The summed E-state index contributed by atoms with van der Waals surface area (Å²) in [5.41, 5.74) is 5.13. The SMILES string of the molecule is NC(=O)CCC1CCN(C(=O)c2ncn[nH]2)CC1.